The van der Waals surface area contributed by atoms with E-state index >= 15 is 0 Å². The van der Waals surface area contributed by atoms with E-state index in [0.29, 0.717) is 36.8 Å². The highest BCUT2D eigenvalue weighted by atomic mass is 32.2. The molecular weight excluding hydrogens is 284 g/mol. The summed E-state index contributed by atoms with van der Waals surface area (Å²) in [5.41, 5.74) is 1.08. The van der Waals surface area contributed by atoms with Crippen LogP contribution >= 0.6 is 0 Å². The molecule has 20 heavy (non-hydrogen) atoms. The van der Waals surface area contributed by atoms with Crippen LogP contribution in [0.25, 0.3) is 0 Å². The monoisotopic (exact) mass is 302 g/mol. The second-order valence-corrected chi connectivity index (χ2v) is 5.92. The van der Waals surface area contributed by atoms with E-state index in [9.17, 15) is 17.8 Å². The number of carbonyl (C=O) groups is 1. The zero-order valence-electron chi connectivity index (χ0n) is 11.2. The maximum absolute atomic E-state index is 11.4. The Labute approximate surface area is 118 Å². The van der Waals surface area contributed by atoms with E-state index in [-0.39, 0.29) is 11.3 Å². The summed E-state index contributed by atoms with van der Waals surface area (Å²) in [6.07, 6.45) is 2.52. The molecule has 0 amide bonds. The second-order valence-electron chi connectivity index (χ2n) is 4.56. The van der Waals surface area contributed by atoms with Crippen LogP contribution in [0, 0.1) is 6.92 Å². The molecule has 0 aliphatic heterocycles. The van der Waals surface area contributed by atoms with Crippen LogP contribution < -0.4 is 0 Å². The molecule has 1 aromatic carbocycles. The molecule has 0 saturated heterocycles. The van der Waals surface area contributed by atoms with Crippen molar-refractivity contribution < 1.29 is 27.9 Å². The highest BCUT2D eigenvalue weighted by Gasteiger charge is 2.17. The fraction of sp³-hybridized carbons (Fsp3) is 0.462. The lowest BCUT2D eigenvalue weighted by atomic mass is 10.0. The molecule has 0 fully saturated rings. The summed E-state index contributed by atoms with van der Waals surface area (Å²) >= 11 is 0. The summed E-state index contributed by atoms with van der Waals surface area (Å²) in [4.78, 5) is 14.2. The molecule has 0 aliphatic rings. The van der Waals surface area contributed by atoms with Crippen LogP contribution in [0.4, 0.5) is 0 Å². The van der Waals surface area contributed by atoms with Crippen LogP contribution in [0.1, 0.15) is 36.8 Å². The fourth-order valence-electron chi connectivity index (χ4n) is 2.09. The number of rotatable bonds is 7. The maximum atomic E-state index is 11.4. The predicted octanol–water partition coefficient (Wildman–Crippen LogP) is 2.36. The van der Waals surface area contributed by atoms with E-state index in [1.807, 2.05) is 0 Å². The van der Waals surface area contributed by atoms with Gasteiger partial charge < -0.3 is 4.89 Å². The molecule has 1 aromatic rings. The van der Waals surface area contributed by atoms with E-state index in [1.165, 1.54) is 0 Å². The number of carbonyl (C=O) groups excluding carboxylic acids is 1. The topological polar surface area (TPSA) is 101 Å². The summed E-state index contributed by atoms with van der Waals surface area (Å²) < 4.78 is 32.0. The largest absolute Gasteiger partial charge is 0.342 e. The van der Waals surface area contributed by atoms with E-state index in [1.54, 1.807) is 25.1 Å². The van der Waals surface area contributed by atoms with Crippen LogP contribution in [0.3, 0.4) is 0 Å². The number of hydrogen-bond acceptors (Lipinski definition) is 5. The van der Waals surface area contributed by atoms with Crippen molar-refractivity contribution in [2.24, 2.45) is 0 Å². The third-order valence-corrected chi connectivity index (χ3v) is 4.08. The van der Waals surface area contributed by atoms with Crippen LogP contribution in [-0.2, 0) is 26.2 Å². The van der Waals surface area contributed by atoms with Crippen molar-refractivity contribution in [2.75, 3.05) is 0 Å². The SMILES string of the molecule is Cc1cccc(CCCCCC(=O)OO)c1S(=O)(=O)O. The first-order valence-corrected chi connectivity index (χ1v) is 7.70. The van der Waals surface area contributed by atoms with E-state index in [0.717, 1.165) is 0 Å². The van der Waals surface area contributed by atoms with Gasteiger partial charge >= 0.3 is 5.97 Å². The molecule has 0 radical (unpaired) electrons. The summed E-state index contributed by atoms with van der Waals surface area (Å²) in [5, 5.41) is 8.08. The lowest BCUT2D eigenvalue weighted by molar-refractivity contribution is -0.234. The molecule has 1 rings (SSSR count). The van der Waals surface area contributed by atoms with Gasteiger partial charge in [0.05, 0.1) is 4.90 Å². The van der Waals surface area contributed by atoms with Gasteiger partial charge in [-0.1, -0.05) is 24.6 Å². The average molecular weight is 302 g/mol. The minimum atomic E-state index is -4.23. The summed E-state index contributed by atoms with van der Waals surface area (Å²) in [6.45, 7) is 1.63. The molecule has 0 spiro atoms. The Morgan fingerprint density at radius 1 is 1.25 bits per heavy atom. The van der Waals surface area contributed by atoms with Crippen molar-refractivity contribution >= 4 is 16.1 Å². The first-order chi connectivity index (χ1) is 9.36. The molecular formula is C13H18O6S. The lowest BCUT2D eigenvalue weighted by Gasteiger charge is -2.09. The minimum Gasteiger partial charge on any atom is -0.301 e. The zero-order valence-corrected chi connectivity index (χ0v) is 12.0. The Kier molecular flexibility index (Phi) is 6.12. The van der Waals surface area contributed by atoms with Gasteiger partial charge in [0.1, 0.15) is 0 Å². The normalized spacial score (nSPS) is 11.3. The number of hydrogen-bond donors (Lipinski definition) is 2. The highest BCUT2D eigenvalue weighted by Crippen LogP contribution is 2.22. The number of unbranched alkanes of at least 4 members (excludes halogenated alkanes) is 2. The Morgan fingerprint density at radius 3 is 2.55 bits per heavy atom. The number of aryl methyl sites for hydroxylation is 2. The number of benzene rings is 1. The molecule has 112 valence electrons. The molecule has 7 heteroatoms. The van der Waals surface area contributed by atoms with Gasteiger partial charge in [-0.2, -0.15) is 13.7 Å². The van der Waals surface area contributed by atoms with Crippen LogP contribution in [0.2, 0.25) is 0 Å². The van der Waals surface area contributed by atoms with Gasteiger partial charge in [-0.15, -0.1) is 0 Å². The Morgan fingerprint density at radius 2 is 1.95 bits per heavy atom. The molecule has 0 heterocycles. The molecule has 0 aromatic heterocycles. The molecule has 0 bridgehead atoms. The van der Waals surface area contributed by atoms with Crippen molar-refractivity contribution in [2.45, 2.75) is 43.9 Å². The standard InChI is InChI=1S/C13H18O6S/c1-10-6-5-8-11(13(10)20(16,17)18)7-3-2-4-9-12(14)19-15/h5-6,8,15H,2-4,7,9H2,1H3,(H,16,17,18). The predicted molar refractivity (Wildman–Crippen MR) is 71.9 cm³/mol. The van der Waals surface area contributed by atoms with Crippen LogP contribution in [0.5, 0.6) is 0 Å². The van der Waals surface area contributed by atoms with Crippen molar-refractivity contribution in [3.63, 3.8) is 0 Å². The van der Waals surface area contributed by atoms with Crippen LogP contribution in [-0.4, -0.2) is 24.2 Å². The minimum absolute atomic E-state index is 0.0326. The van der Waals surface area contributed by atoms with E-state index in [4.69, 9.17) is 5.26 Å². The van der Waals surface area contributed by atoms with Gasteiger partial charge in [0.25, 0.3) is 10.1 Å². The lowest BCUT2D eigenvalue weighted by Crippen LogP contribution is -2.06. The third kappa shape index (κ3) is 4.92. The molecule has 0 atom stereocenters. The van der Waals surface area contributed by atoms with Crippen molar-refractivity contribution in [1.29, 1.82) is 0 Å². The smallest absolute Gasteiger partial charge is 0.301 e. The zero-order chi connectivity index (χ0) is 15.2. The van der Waals surface area contributed by atoms with Crippen LogP contribution in [0.15, 0.2) is 23.1 Å². The average Bonchev–Trinajstić information content (AvgIpc) is 2.36. The molecule has 6 nitrogen and oxygen atoms in total. The van der Waals surface area contributed by atoms with Crippen molar-refractivity contribution in [1.82, 2.24) is 0 Å². The highest BCUT2D eigenvalue weighted by molar-refractivity contribution is 7.86. The Hall–Kier alpha value is -1.44. The van der Waals surface area contributed by atoms with E-state index < -0.39 is 16.1 Å². The van der Waals surface area contributed by atoms with Gasteiger partial charge in [0.15, 0.2) is 0 Å². The quantitative estimate of drug-likeness (QED) is 0.347. The first-order valence-electron chi connectivity index (χ1n) is 6.26. The fourth-order valence-corrected chi connectivity index (χ4v) is 3.06. The summed E-state index contributed by atoms with van der Waals surface area (Å²) in [6, 6.07) is 5.03. The molecule has 0 aliphatic carbocycles. The molecule has 0 saturated carbocycles. The summed E-state index contributed by atoms with van der Waals surface area (Å²) in [5.74, 6) is -0.681. The third-order valence-electron chi connectivity index (χ3n) is 2.98. The van der Waals surface area contributed by atoms with Gasteiger partial charge in [0, 0.05) is 6.42 Å². The van der Waals surface area contributed by atoms with Gasteiger partial charge in [-0.3, -0.25) is 4.55 Å². The molecule has 0 unspecified atom stereocenters. The Bertz CT molecular complexity index is 564. The Balaban J connectivity index is 2.61. The first kappa shape index (κ1) is 16.6. The second kappa shape index (κ2) is 7.37. The van der Waals surface area contributed by atoms with E-state index in [2.05, 4.69) is 4.89 Å². The summed E-state index contributed by atoms with van der Waals surface area (Å²) in [7, 11) is -4.23. The van der Waals surface area contributed by atoms with Gasteiger partial charge in [-0.25, -0.2) is 4.79 Å². The molecule has 2 N–H and O–H groups in total. The van der Waals surface area contributed by atoms with Crippen molar-refractivity contribution in [3.05, 3.63) is 29.3 Å². The maximum Gasteiger partial charge on any atom is 0.342 e. The van der Waals surface area contributed by atoms with Crippen molar-refractivity contribution in [3.8, 4) is 0 Å². The van der Waals surface area contributed by atoms with Gasteiger partial charge in [-0.05, 0) is 37.3 Å². The van der Waals surface area contributed by atoms with Gasteiger partial charge in [0.2, 0.25) is 0 Å².